The van der Waals surface area contributed by atoms with Crippen LogP contribution in [0, 0.1) is 6.92 Å². The lowest BCUT2D eigenvalue weighted by Crippen LogP contribution is -2.06. The van der Waals surface area contributed by atoms with E-state index in [2.05, 4.69) is 20.4 Å². The summed E-state index contributed by atoms with van der Waals surface area (Å²) >= 11 is 0. The van der Waals surface area contributed by atoms with Crippen molar-refractivity contribution in [1.29, 1.82) is 0 Å². The lowest BCUT2D eigenvalue weighted by molar-refractivity contribution is 0.0520. The number of aromatic nitrogens is 4. The molecule has 0 amide bonds. The summed E-state index contributed by atoms with van der Waals surface area (Å²) in [5.74, 6) is -0.0419. The first-order valence-electron chi connectivity index (χ1n) is 4.72. The third-order valence-corrected chi connectivity index (χ3v) is 1.88. The highest BCUT2D eigenvalue weighted by atomic mass is 16.5. The van der Waals surface area contributed by atoms with Gasteiger partial charge in [-0.15, -0.1) is 5.10 Å². The maximum absolute atomic E-state index is 11.5. The van der Waals surface area contributed by atoms with Crippen LogP contribution in [0.2, 0.25) is 0 Å². The summed E-state index contributed by atoms with van der Waals surface area (Å²) in [6, 6.07) is 0. The summed E-state index contributed by atoms with van der Waals surface area (Å²) in [6.07, 6.45) is 1.41. The lowest BCUT2D eigenvalue weighted by atomic mass is 10.2. The van der Waals surface area contributed by atoms with Gasteiger partial charge in [0.25, 0.3) is 0 Å². The van der Waals surface area contributed by atoms with Crippen molar-refractivity contribution in [1.82, 2.24) is 20.4 Å². The zero-order chi connectivity index (χ0) is 11.5. The molecule has 16 heavy (non-hydrogen) atoms. The molecule has 0 aromatic carbocycles. The third-order valence-electron chi connectivity index (χ3n) is 1.88. The quantitative estimate of drug-likeness (QED) is 0.777. The van der Waals surface area contributed by atoms with Gasteiger partial charge in [-0.1, -0.05) is 0 Å². The van der Waals surface area contributed by atoms with Crippen LogP contribution in [0.4, 0.5) is 0 Å². The van der Waals surface area contributed by atoms with Crippen LogP contribution in [0.15, 0.2) is 10.7 Å². The topological polar surface area (TPSA) is 93.9 Å². The van der Waals surface area contributed by atoms with Crippen molar-refractivity contribution >= 4 is 5.97 Å². The van der Waals surface area contributed by atoms with Crippen LogP contribution in [0.3, 0.4) is 0 Å². The number of H-pyrrole nitrogens is 1. The minimum atomic E-state index is -0.535. The van der Waals surface area contributed by atoms with Gasteiger partial charge in [-0.05, 0) is 6.92 Å². The number of aryl methyl sites for hydroxylation is 1. The Morgan fingerprint density at radius 3 is 3.00 bits per heavy atom. The molecule has 2 aromatic rings. The van der Waals surface area contributed by atoms with E-state index in [1.54, 1.807) is 13.8 Å². The van der Waals surface area contributed by atoms with Crippen LogP contribution in [-0.2, 0) is 4.74 Å². The van der Waals surface area contributed by atoms with Gasteiger partial charge in [0.05, 0.1) is 6.61 Å². The van der Waals surface area contributed by atoms with Gasteiger partial charge in [-0.3, -0.25) is 0 Å². The standard InChI is InChI=1S/C9H10N4O3/c1-3-15-9(14)8-7(11-13-12-8)6-4-16-5(2)10-6/h4H,3H2,1-2H3,(H,11,12,13). The van der Waals surface area contributed by atoms with Gasteiger partial charge >= 0.3 is 5.97 Å². The summed E-state index contributed by atoms with van der Waals surface area (Å²) in [5.41, 5.74) is 0.889. The molecule has 2 heterocycles. The van der Waals surface area contributed by atoms with Crippen molar-refractivity contribution in [3.63, 3.8) is 0 Å². The Morgan fingerprint density at radius 2 is 2.38 bits per heavy atom. The molecule has 2 aromatic heterocycles. The third kappa shape index (κ3) is 1.79. The van der Waals surface area contributed by atoms with Crippen molar-refractivity contribution in [3.05, 3.63) is 17.8 Å². The van der Waals surface area contributed by atoms with Crippen LogP contribution in [-0.4, -0.2) is 33.0 Å². The first kappa shape index (κ1) is 10.3. The number of ether oxygens (including phenoxy) is 1. The number of nitrogens with one attached hydrogen (secondary N) is 1. The van der Waals surface area contributed by atoms with E-state index < -0.39 is 5.97 Å². The Balaban J connectivity index is 2.36. The summed E-state index contributed by atoms with van der Waals surface area (Å²) in [7, 11) is 0. The van der Waals surface area contributed by atoms with Gasteiger partial charge in [-0.25, -0.2) is 9.78 Å². The van der Waals surface area contributed by atoms with E-state index in [0.717, 1.165) is 0 Å². The summed E-state index contributed by atoms with van der Waals surface area (Å²) in [4.78, 5) is 15.6. The molecule has 0 aliphatic carbocycles. The van der Waals surface area contributed by atoms with E-state index in [1.165, 1.54) is 6.26 Å². The fraction of sp³-hybridized carbons (Fsp3) is 0.333. The zero-order valence-corrected chi connectivity index (χ0v) is 8.85. The predicted octanol–water partition coefficient (Wildman–Crippen LogP) is 0.945. The first-order chi connectivity index (χ1) is 7.72. The highest BCUT2D eigenvalue weighted by Gasteiger charge is 2.21. The van der Waals surface area contributed by atoms with Crippen LogP contribution in [0.1, 0.15) is 23.3 Å². The fourth-order valence-electron chi connectivity index (χ4n) is 1.22. The second kappa shape index (κ2) is 4.13. The molecule has 0 fully saturated rings. The van der Waals surface area contributed by atoms with Gasteiger partial charge in [0.15, 0.2) is 11.6 Å². The molecular weight excluding hydrogens is 212 g/mol. The summed E-state index contributed by atoms with van der Waals surface area (Å²) in [5, 5.41) is 9.93. The molecule has 0 saturated carbocycles. The van der Waals surface area contributed by atoms with Gasteiger partial charge < -0.3 is 9.15 Å². The van der Waals surface area contributed by atoms with Crippen LogP contribution < -0.4 is 0 Å². The average molecular weight is 222 g/mol. The number of esters is 1. The molecule has 0 aliphatic rings. The molecule has 0 bridgehead atoms. The Kier molecular flexibility index (Phi) is 2.67. The minimum absolute atomic E-state index is 0.107. The molecule has 0 spiro atoms. The molecule has 84 valence electrons. The van der Waals surface area contributed by atoms with Crippen LogP contribution in [0.5, 0.6) is 0 Å². The normalized spacial score (nSPS) is 10.4. The highest BCUT2D eigenvalue weighted by Crippen LogP contribution is 2.19. The van der Waals surface area contributed by atoms with Gasteiger partial charge in [0.1, 0.15) is 17.7 Å². The number of hydrogen-bond donors (Lipinski definition) is 1. The zero-order valence-electron chi connectivity index (χ0n) is 8.85. The number of oxazole rings is 1. The summed E-state index contributed by atoms with van der Waals surface area (Å²) in [6.45, 7) is 3.70. The minimum Gasteiger partial charge on any atom is -0.461 e. The number of carbonyl (C=O) groups excluding carboxylic acids is 1. The maximum atomic E-state index is 11.5. The maximum Gasteiger partial charge on any atom is 0.361 e. The Labute approximate surface area is 90.8 Å². The number of nitrogens with zero attached hydrogens (tertiary/aromatic N) is 3. The van der Waals surface area contributed by atoms with Crippen molar-refractivity contribution < 1.29 is 13.9 Å². The first-order valence-corrected chi connectivity index (χ1v) is 4.72. The second-order valence-electron chi connectivity index (χ2n) is 2.99. The molecular formula is C9H10N4O3. The van der Waals surface area contributed by atoms with Crippen LogP contribution >= 0.6 is 0 Å². The molecule has 7 nitrogen and oxygen atoms in total. The Morgan fingerprint density at radius 1 is 1.56 bits per heavy atom. The fourth-order valence-corrected chi connectivity index (χ4v) is 1.22. The number of rotatable bonds is 3. The van der Waals surface area contributed by atoms with Crippen LogP contribution in [0.25, 0.3) is 11.4 Å². The monoisotopic (exact) mass is 222 g/mol. The average Bonchev–Trinajstić information content (AvgIpc) is 2.85. The largest absolute Gasteiger partial charge is 0.461 e. The van der Waals surface area contributed by atoms with E-state index >= 15 is 0 Å². The Bertz CT molecular complexity index is 502. The van der Waals surface area contributed by atoms with E-state index in [1.807, 2.05) is 0 Å². The molecule has 0 aliphatic heterocycles. The molecule has 0 atom stereocenters. The van der Waals surface area contributed by atoms with E-state index in [9.17, 15) is 4.79 Å². The van der Waals surface area contributed by atoms with Gasteiger partial charge in [-0.2, -0.15) is 10.3 Å². The molecule has 0 unspecified atom stereocenters. The van der Waals surface area contributed by atoms with Crippen molar-refractivity contribution in [2.24, 2.45) is 0 Å². The van der Waals surface area contributed by atoms with Gasteiger partial charge in [0, 0.05) is 6.92 Å². The highest BCUT2D eigenvalue weighted by molar-refractivity contribution is 5.93. The predicted molar refractivity (Wildman–Crippen MR) is 52.6 cm³/mol. The number of hydrogen-bond acceptors (Lipinski definition) is 6. The van der Waals surface area contributed by atoms with Gasteiger partial charge in [0.2, 0.25) is 0 Å². The lowest BCUT2D eigenvalue weighted by Gasteiger charge is -1.97. The summed E-state index contributed by atoms with van der Waals surface area (Å²) < 4.78 is 9.87. The Hall–Kier alpha value is -2.18. The van der Waals surface area contributed by atoms with Crippen molar-refractivity contribution in [2.75, 3.05) is 6.61 Å². The smallest absolute Gasteiger partial charge is 0.361 e. The van der Waals surface area contributed by atoms with Crippen molar-refractivity contribution in [2.45, 2.75) is 13.8 Å². The molecule has 0 saturated heterocycles. The second-order valence-corrected chi connectivity index (χ2v) is 2.99. The molecule has 1 N–H and O–H groups in total. The number of aromatic amines is 1. The molecule has 2 rings (SSSR count). The van der Waals surface area contributed by atoms with E-state index in [0.29, 0.717) is 17.3 Å². The van der Waals surface area contributed by atoms with E-state index in [4.69, 9.17) is 9.15 Å². The SMILES string of the molecule is CCOC(=O)c1n[nH]nc1-c1coc(C)n1. The van der Waals surface area contributed by atoms with E-state index in [-0.39, 0.29) is 12.3 Å². The molecule has 0 radical (unpaired) electrons. The number of carbonyl (C=O) groups is 1. The molecule has 7 heteroatoms. The van der Waals surface area contributed by atoms with Crippen molar-refractivity contribution in [3.8, 4) is 11.4 Å².